The molecule has 0 N–H and O–H groups in total. The molecule has 65 valence electrons. The third-order valence-corrected chi connectivity index (χ3v) is 1.53. The van der Waals surface area contributed by atoms with E-state index in [9.17, 15) is 4.79 Å². The second-order valence-corrected chi connectivity index (χ2v) is 2.29. The molecule has 0 fully saturated rings. The van der Waals surface area contributed by atoms with E-state index in [1.54, 1.807) is 12.1 Å². The Hall–Kier alpha value is -1.05. The van der Waals surface area contributed by atoms with Crippen molar-refractivity contribution in [3.05, 3.63) is 46.8 Å². The van der Waals surface area contributed by atoms with Gasteiger partial charge in [-0.2, -0.15) is 0 Å². The summed E-state index contributed by atoms with van der Waals surface area (Å²) in [6.07, 6.45) is 0. The Bertz CT molecular complexity index is 433. The van der Waals surface area contributed by atoms with E-state index in [1.807, 2.05) is 18.2 Å². The van der Waals surface area contributed by atoms with E-state index in [4.69, 9.17) is 4.42 Å². The van der Waals surface area contributed by atoms with Crippen molar-refractivity contribution in [2.45, 2.75) is 0 Å². The summed E-state index contributed by atoms with van der Waals surface area (Å²) in [7, 11) is 0. The first-order valence-electron chi connectivity index (χ1n) is 3.35. The van der Waals surface area contributed by atoms with Gasteiger partial charge in [0.1, 0.15) is 5.58 Å². The van der Waals surface area contributed by atoms with Crippen LogP contribution in [-0.4, -0.2) is 0 Å². The SMILES string of the molecule is O=c1ccc2ccccc2o1.[Cu]. The second-order valence-electron chi connectivity index (χ2n) is 2.29. The summed E-state index contributed by atoms with van der Waals surface area (Å²) in [4.78, 5) is 10.7. The van der Waals surface area contributed by atoms with Crippen LogP contribution in [0.3, 0.4) is 0 Å². The molecule has 3 heteroatoms. The molecule has 0 aliphatic carbocycles. The van der Waals surface area contributed by atoms with Gasteiger partial charge in [0.2, 0.25) is 0 Å². The van der Waals surface area contributed by atoms with Crippen molar-refractivity contribution < 1.29 is 21.5 Å². The van der Waals surface area contributed by atoms with Crippen molar-refractivity contribution in [2.75, 3.05) is 0 Å². The van der Waals surface area contributed by atoms with E-state index in [1.165, 1.54) is 6.07 Å². The number of hydrogen-bond acceptors (Lipinski definition) is 2. The molecule has 0 saturated carbocycles. The standard InChI is InChI=1S/C9H6O2.Cu/c10-9-6-5-7-3-1-2-4-8(7)11-9;/h1-6H;. The van der Waals surface area contributed by atoms with Crippen LogP contribution in [-0.2, 0) is 17.1 Å². The molecule has 0 aliphatic rings. The van der Waals surface area contributed by atoms with E-state index in [2.05, 4.69) is 0 Å². The molecule has 2 rings (SSSR count). The molecule has 1 radical (unpaired) electrons. The predicted octanol–water partition coefficient (Wildman–Crippen LogP) is 1.79. The quantitative estimate of drug-likeness (QED) is 0.489. The maximum Gasteiger partial charge on any atom is 0.336 e. The molecule has 1 aromatic carbocycles. The van der Waals surface area contributed by atoms with Crippen molar-refractivity contribution in [3.8, 4) is 0 Å². The van der Waals surface area contributed by atoms with Gasteiger partial charge in [0, 0.05) is 28.5 Å². The predicted molar refractivity (Wildman–Crippen MR) is 42.5 cm³/mol. The van der Waals surface area contributed by atoms with Gasteiger partial charge < -0.3 is 4.42 Å². The summed E-state index contributed by atoms with van der Waals surface area (Å²) in [5.74, 6) is 0. The molecule has 1 aromatic heterocycles. The van der Waals surface area contributed by atoms with Crippen LogP contribution >= 0.6 is 0 Å². The summed E-state index contributed by atoms with van der Waals surface area (Å²) in [6, 6.07) is 10.6. The number of hydrogen-bond donors (Lipinski definition) is 0. The zero-order valence-corrected chi connectivity index (χ0v) is 7.02. The van der Waals surface area contributed by atoms with Crippen LogP contribution in [0.25, 0.3) is 11.0 Å². The van der Waals surface area contributed by atoms with Gasteiger partial charge in [-0.15, -0.1) is 0 Å². The molecule has 2 aromatic rings. The molecule has 0 saturated heterocycles. The van der Waals surface area contributed by atoms with Gasteiger partial charge in [0.25, 0.3) is 0 Å². The summed E-state index contributed by atoms with van der Waals surface area (Å²) in [5.41, 5.74) is 0.337. The van der Waals surface area contributed by atoms with E-state index >= 15 is 0 Å². The van der Waals surface area contributed by atoms with Crippen LogP contribution in [0.4, 0.5) is 0 Å². The molecule has 12 heavy (non-hydrogen) atoms. The Labute approximate surface area is 79.7 Å². The van der Waals surface area contributed by atoms with Crippen LogP contribution < -0.4 is 5.63 Å². The first kappa shape index (κ1) is 9.04. The largest absolute Gasteiger partial charge is 0.423 e. The van der Waals surface area contributed by atoms with Gasteiger partial charge in [-0.25, -0.2) is 4.79 Å². The van der Waals surface area contributed by atoms with Crippen molar-refractivity contribution >= 4 is 11.0 Å². The molecule has 2 nitrogen and oxygen atoms in total. The Morgan fingerprint density at radius 1 is 1.00 bits per heavy atom. The van der Waals surface area contributed by atoms with E-state index in [0.29, 0.717) is 5.58 Å². The normalized spacial score (nSPS) is 9.33. The first-order chi connectivity index (χ1) is 5.36. The maximum absolute atomic E-state index is 10.7. The summed E-state index contributed by atoms with van der Waals surface area (Å²) < 4.78 is 4.91. The molecule has 0 aliphatic heterocycles. The van der Waals surface area contributed by atoms with Gasteiger partial charge in [0.05, 0.1) is 0 Å². The van der Waals surface area contributed by atoms with Crippen molar-refractivity contribution in [3.63, 3.8) is 0 Å². The number of fused-ring (bicyclic) bond motifs is 1. The molecule has 0 atom stereocenters. The Morgan fingerprint density at radius 2 is 1.75 bits per heavy atom. The third-order valence-electron chi connectivity index (χ3n) is 1.53. The maximum atomic E-state index is 10.7. The molecule has 0 amide bonds. The Kier molecular flexibility index (Phi) is 2.69. The minimum absolute atomic E-state index is 0. The number of para-hydroxylation sites is 1. The Morgan fingerprint density at radius 3 is 2.58 bits per heavy atom. The van der Waals surface area contributed by atoms with Crippen molar-refractivity contribution in [2.24, 2.45) is 0 Å². The first-order valence-corrected chi connectivity index (χ1v) is 3.35. The van der Waals surface area contributed by atoms with Crippen LogP contribution in [0, 0.1) is 0 Å². The molecule has 0 bridgehead atoms. The number of benzene rings is 1. The van der Waals surface area contributed by atoms with E-state index < -0.39 is 0 Å². The summed E-state index contributed by atoms with van der Waals surface area (Å²) in [6.45, 7) is 0. The van der Waals surface area contributed by atoms with Gasteiger partial charge in [0.15, 0.2) is 0 Å². The zero-order chi connectivity index (χ0) is 7.68. The van der Waals surface area contributed by atoms with Crippen LogP contribution in [0.1, 0.15) is 0 Å². The second kappa shape index (κ2) is 3.57. The van der Waals surface area contributed by atoms with Crippen LogP contribution in [0.5, 0.6) is 0 Å². The fraction of sp³-hybridized carbons (Fsp3) is 0. The molecule has 0 spiro atoms. The van der Waals surface area contributed by atoms with Gasteiger partial charge in [-0.3, -0.25) is 0 Å². The van der Waals surface area contributed by atoms with Crippen LogP contribution in [0.15, 0.2) is 45.6 Å². The summed E-state index contributed by atoms with van der Waals surface area (Å²) in [5, 5.41) is 0.951. The minimum atomic E-state index is -0.302. The smallest absolute Gasteiger partial charge is 0.336 e. The topological polar surface area (TPSA) is 30.2 Å². The van der Waals surface area contributed by atoms with Gasteiger partial charge in [-0.05, 0) is 12.1 Å². The number of rotatable bonds is 0. The Balaban J connectivity index is 0.000000720. The molecule has 0 unspecified atom stereocenters. The van der Waals surface area contributed by atoms with E-state index in [-0.39, 0.29) is 22.7 Å². The van der Waals surface area contributed by atoms with E-state index in [0.717, 1.165) is 5.39 Å². The van der Waals surface area contributed by atoms with Crippen molar-refractivity contribution in [1.82, 2.24) is 0 Å². The van der Waals surface area contributed by atoms with Gasteiger partial charge in [-0.1, -0.05) is 18.2 Å². The molecular weight excluding hydrogens is 204 g/mol. The zero-order valence-electron chi connectivity index (χ0n) is 6.08. The third kappa shape index (κ3) is 1.58. The fourth-order valence-corrected chi connectivity index (χ4v) is 1.01. The minimum Gasteiger partial charge on any atom is -0.423 e. The monoisotopic (exact) mass is 209 g/mol. The molecular formula is C9H6CuO2. The average Bonchev–Trinajstić information content (AvgIpc) is 2.04. The van der Waals surface area contributed by atoms with Crippen LogP contribution in [0.2, 0.25) is 0 Å². The van der Waals surface area contributed by atoms with Crippen molar-refractivity contribution in [1.29, 1.82) is 0 Å². The fourth-order valence-electron chi connectivity index (χ4n) is 1.01. The van der Waals surface area contributed by atoms with Gasteiger partial charge >= 0.3 is 5.63 Å². The average molecular weight is 210 g/mol. The summed E-state index contributed by atoms with van der Waals surface area (Å²) >= 11 is 0. The molecule has 1 heterocycles.